The fourth-order valence-corrected chi connectivity index (χ4v) is 2.05. The van der Waals surface area contributed by atoms with Crippen molar-refractivity contribution in [3.63, 3.8) is 0 Å². The van der Waals surface area contributed by atoms with Crippen LogP contribution in [0.25, 0.3) is 6.08 Å². The van der Waals surface area contributed by atoms with Crippen LogP contribution in [0.15, 0.2) is 17.6 Å². The van der Waals surface area contributed by atoms with Gasteiger partial charge in [0.1, 0.15) is 6.23 Å². The van der Waals surface area contributed by atoms with E-state index in [9.17, 15) is 14.7 Å². The second kappa shape index (κ2) is 5.81. The average molecular weight is 264 g/mol. The standard InChI is InChI=1S/C13H16N2O4/c1-2-10-13(18)12(17)9(8-16)6-15(10)7-11-14-4-3-5-19-11/h2,6,8,11,14,18H,1,3-5,7H2. The van der Waals surface area contributed by atoms with Gasteiger partial charge in [-0.15, -0.1) is 0 Å². The molecule has 1 aromatic heterocycles. The summed E-state index contributed by atoms with van der Waals surface area (Å²) in [5.74, 6) is -0.463. The summed E-state index contributed by atoms with van der Waals surface area (Å²) < 4.78 is 7.10. The first-order valence-corrected chi connectivity index (χ1v) is 6.06. The molecule has 0 amide bonds. The molecule has 19 heavy (non-hydrogen) atoms. The van der Waals surface area contributed by atoms with E-state index in [0.29, 0.717) is 19.4 Å². The summed E-state index contributed by atoms with van der Waals surface area (Å²) in [6.07, 6.45) is 3.95. The smallest absolute Gasteiger partial charge is 0.234 e. The molecule has 6 heteroatoms. The van der Waals surface area contributed by atoms with Crippen molar-refractivity contribution in [2.24, 2.45) is 0 Å². The summed E-state index contributed by atoms with van der Waals surface area (Å²) in [5, 5.41) is 13.0. The van der Waals surface area contributed by atoms with Gasteiger partial charge in [0.2, 0.25) is 5.43 Å². The van der Waals surface area contributed by atoms with Crippen LogP contribution in [0.5, 0.6) is 5.75 Å². The molecule has 0 aliphatic carbocycles. The molecule has 0 spiro atoms. The highest BCUT2D eigenvalue weighted by Crippen LogP contribution is 2.15. The van der Waals surface area contributed by atoms with Gasteiger partial charge in [0.25, 0.3) is 0 Å². The number of aldehydes is 1. The lowest BCUT2D eigenvalue weighted by Crippen LogP contribution is -2.41. The normalized spacial score (nSPS) is 19.1. The Morgan fingerprint density at radius 1 is 1.63 bits per heavy atom. The summed E-state index contributed by atoms with van der Waals surface area (Å²) in [6, 6.07) is 0. The maximum atomic E-state index is 11.6. The topological polar surface area (TPSA) is 80.6 Å². The molecule has 2 N–H and O–H groups in total. The molecule has 1 aromatic rings. The van der Waals surface area contributed by atoms with Gasteiger partial charge in [-0.25, -0.2) is 0 Å². The zero-order valence-electron chi connectivity index (χ0n) is 10.5. The van der Waals surface area contributed by atoms with E-state index in [1.165, 1.54) is 12.3 Å². The van der Waals surface area contributed by atoms with E-state index >= 15 is 0 Å². The van der Waals surface area contributed by atoms with Crippen LogP contribution in [0.2, 0.25) is 0 Å². The van der Waals surface area contributed by atoms with Crippen molar-refractivity contribution in [3.05, 3.63) is 34.3 Å². The van der Waals surface area contributed by atoms with E-state index in [-0.39, 0.29) is 17.5 Å². The van der Waals surface area contributed by atoms with Gasteiger partial charge in [-0.05, 0) is 19.0 Å². The number of hydrogen-bond acceptors (Lipinski definition) is 5. The maximum absolute atomic E-state index is 11.6. The summed E-state index contributed by atoms with van der Waals surface area (Å²) in [4.78, 5) is 22.5. The molecule has 1 unspecified atom stereocenters. The molecule has 1 saturated heterocycles. The van der Waals surface area contributed by atoms with E-state index < -0.39 is 11.2 Å². The summed E-state index contributed by atoms with van der Waals surface area (Å²) >= 11 is 0. The summed E-state index contributed by atoms with van der Waals surface area (Å²) in [7, 11) is 0. The van der Waals surface area contributed by atoms with Crippen LogP contribution in [0.4, 0.5) is 0 Å². The zero-order chi connectivity index (χ0) is 13.8. The second-order valence-corrected chi connectivity index (χ2v) is 4.29. The zero-order valence-corrected chi connectivity index (χ0v) is 10.5. The number of carbonyl (C=O) groups excluding carboxylic acids is 1. The molecule has 0 bridgehead atoms. The van der Waals surface area contributed by atoms with Gasteiger partial charge >= 0.3 is 0 Å². The molecular formula is C13H16N2O4. The highest BCUT2D eigenvalue weighted by molar-refractivity contribution is 5.75. The minimum atomic E-state index is -0.682. The molecule has 1 aliphatic rings. The lowest BCUT2D eigenvalue weighted by molar-refractivity contribution is -0.00914. The highest BCUT2D eigenvalue weighted by atomic mass is 16.5. The Hall–Kier alpha value is -1.92. The minimum absolute atomic E-state index is 0.0843. The van der Waals surface area contributed by atoms with E-state index in [4.69, 9.17) is 4.74 Å². The van der Waals surface area contributed by atoms with Gasteiger partial charge in [0.15, 0.2) is 12.0 Å². The molecule has 6 nitrogen and oxygen atoms in total. The van der Waals surface area contributed by atoms with E-state index in [1.807, 2.05) is 0 Å². The third kappa shape index (κ3) is 2.74. The lowest BCUT2D eigenvalue weighted by atomic mass is 10.2. The molecule has 0 saturated carbocycles. The van der Waals surface area contributed by atoms with Crippen molar-refractivity contribution in [3.8, 4) is 5.75 Å². The Balaban J connectivity index is 2.37. The SMILES string of the molecule is C=Cc1c(O)c(=O)c(C=O)cn1CC1NCCCO1. The van der Waals surface area contributed by atoms with E-state index in [2.05, 4.69) is 11.9 Å². The van der Waals surface area contributed by atoms with Crippen molar-refractivity contribution < 1.29 is 14.6 Å². The quantitative estimate of drug-likeness (QED) is 0.767. The first kappa shape index (κ1) is 13.5. The van der Waals surface area contributed by atoms with E-state index in [1.54, 1.807) is 4.57 Å². The van der Waals surface area contributed by atoms with Crippen molar-refractivity contribution in [2.45, 2.75) is 19.2 Å². The molecule has 1 fully saturated rings. The molecule has 102 valence electrons. The van der Waals surface area contributed by atoms with Gasteiger partial charge < -0.3 is 14.4 Å². The lowest BCUT2D eigenvalue weighted by Gasteiger charge is -2.26. The van der Waals surface area contributed by atoms with Gasteiger partial charge in [-0.3, -0.25) is 14.9 Å². The van der Waals surface area contributed by atoms with Crippen LogP contribution < -0.4 is 10.7 Å². The maximum Gasteiger partial charge on any atom is 0.234 e. The van der Waals surface area contributed by atoms with Crippen molar-refractivity contribution in [1.82, 2.24) is 9.88 Å². The third-order valence-electron chi connectivity index (χ3n) is 3.02. The van der Waals surface area contributed by atoms with Crippen LogP contribution in [-0.2, 0) is 11.3 Å². The van der Waals surface area contributed by atoms with Crippen molar-refractivity contribution in [2.75, 3.05) is 13.2 Å². The second-order valence-electron chi connectivity index (χ2n) is 4.29. The van der Waals surface area contributed by atoms with Crippen LogP contribution >= 0.6 is 0 Å². The van der Waals surface area contributed by atoms with Crippen LogP contribution in [0.3, 0.4) is 0 Å². The van der Waals surface area contributed by atoms with E-state index in [0.717, 1.165) is 13.0 Å². The fraction of sp³-hybridized carbons (Fsp3) is 0.385. The predicted molar refractivity (Wildman–Crippen MR) is 70.2 cm³/mol. The van der Waals surface area contributed by atoms with Gasteiger partial charge in [-0.2, -0.15) is 0 Å². The first-order valence-electron chi connectivity index (χ1n) is 6.06. The molecule has 1 aliphatic heterocycles. The number of aromatic nitrogens is 1. The van der Waals surface area contributed by atoms with Crippen LogP contribution in [0.1, 0.15) is 22.5 Å². The number of carbonyl (C=O) groups is 1. The number of nitrogens with zero attached hydrogens (tertiary/aromatic N) is 1. The molecule has 0 aromatic carbocycles. The molecular weight excluding hydrogens is 248 g/mol. The van der Waals surface area contributed by atoms with Crippen LogP contribution in [-0.4, -0.2) is 35.3 Å². The predicted octanol–water partition coefficient (Wildman–Crippen LogP) is 0.345. The Kier molecular flexibility index (Phi) is 4.13. The number of hydrogen-bond donors (Lipinski definition) is 2. The Morgan fingerprint density at radius 3 is 3.00 bits per heavy atom. The largest absolute Gasteiger partial charge is 0.503 e. The molecule has 1 atom stereocenters. The monoisotopic (exact) mass is 264 g/mol. The first-order chi connectivity index (χ1) is 9.17. The van der Waals surface area contributed by atoms with Gasteiger partial charge in [-0.1, -0.05) is 6.58 Å². The minimum Gasteiger partial charge on any atom is -0.503 e. The number of rotatable bonds is 4. The number of pyridine rings is 1. The Bertz CT molecular complexity index is 544. The third-order valence-corrected chi connectivity index (χ3v) is 3.02. The van der Waals surface area contributed by atoms with Crippen LogP contribution in [0, 0.1) is 0 Å². The number of ether oxygens (including phenoxy) is 1. The molecule has 2 rings (SSSR count). The fourth-order valence-electron chi connectivity index (χ4n) is 2.05. The van der Waals surface area contributed by atoms with Crippen molar-refractivity contribution >= 4 is 12.4 Å². The average Bonchev–Trinajstić information content (AvgIpc) is 2.44. The highest BCUT2D eigenvalue weighted by Gasteiger charge is 2.17. The molecule has 2 heterocycles. The molecule has 0 radical (unpaired) electrons. The Morgan fingerprint density at radius 2 is 2.42 bits per heavy atom. The Labute approximate surface area is 110 Å². The summed E-state index contributed by atoms with van der Waals surface area (Å²) in [6.45, 7) is 5.47. The van der Waals surface area contributed by atoms with Gasteiger partial charge in [0, 0.05) is 12.8 Å². The summed E-state index contributed by atoms with van der Waals surface area (Å²) in [5.41, 5.74) is -0.482. The number of aromatic hydroxyl groups is 1. The van der Waals surface area contributed by atoms with Crippen molar-refractivity contribution in [1.29, 1.82) is 0 Å². The van der Waals surface area contributed by atoms with Gasteiger partial charge in [0.05, 0.1) is 17.8 Å². The number of nitrogens with one attached hydrogen (secondary N) is 1.